The molecule has 2 amide bonds. The summed E-state index contributed by atoms with van der Waals surface area (Å²) in [6, 6.07) is 10.7. The molecule has 1 N–H and O–H groups in total. The van der Waals surface area contributed by atoms with Gasteiger partial charge in [0.05, 0.1) is 11.9 Å². The van der Waals surface area contributed by atoms with E-state index in [-0.39, 0.29) is 11.8 Å². The molecule has 1 aliphatic heterocycles. The molecular formula is C19H21N3O2. The summed E-state index contributed by atoms with van der Waals surface area (Å²) < 4.78 is 0. The van der Waals surface area contributed by atoms with Crippen LogP contribution >= 0.6 is 0 Å². The van der Waals surface area contributed by atoms with Crippen LogP contribution in [0.3, 0.4) is 0 Å². The van der Waals surface area contributed by atoms with E-state index in [0.29, 0.717) is 18.7 Å². The Morgan fingerprint density at radius 3 is 2.71 bits per heavy atom. The standard InChI is InChI=1S/C19H21N3O2/c1-14-10-11-20-13-16(14)21-19(24)18(15-7-3-2-4-8-15)22-12-6-5-9-17(22)23/h2-4,7-8,10-11,13,18H,5-6,9,12H2,1H3,(H,21,24). The largest absolute Gasteiger partial charge is 0.327 e. The highest BCUT2D eigenvalue weighted by molar-refractivity contribution is 5.98. The Balaban J connectivity index is 1.91. The van der Waals surface area contributed by atoms with Gasteiger partial charge >= 0.3 is 0 Å². The van der Waals surface area contributed by atoms with Gasteiger partial charge in [-0.05, 0) is 37.0 Å². The van der Waals surface area contributed by atoms with Crippen LogP contribution in [0.5, 0.6) is 0 Å². The van der Waals surface area contributed by atoms with Crippen LogP contribution in [-0.2, 0) is 9.59 Å². The molecule has 0 aliphatic carbocycles. The van der Waals surface area contributed by atoms with Crippen LogP contribution in [0.4, 0.5) is 5.69 Å². The summed E-state index contributed by atoms with van der Waals surface area (Å²) in [4.78, 5) is 31.1. The molecule has 0 spiro atoms. The molecule has 24 heavy (non-hydrogen) atoms. The van der Waals surface area contributed by atoms with Crippen molar-refractivity contribution in [2.45, 2.75) is 32.2 Å². The Morgan fingerprint density at radius 2 is 2.00 bits per heavy atom. The van der Waals surface area contributed by atoms with Crippen LogP contribution in [0, 0.1) is 6.92 Å². The van der Waals surface area contributed by atoms with E-state index in [1.54, 1.807) is 17.3 Å². The van der Waals surface area contributed by atoms with Crippen LogP contribution in [-0.4, -0.2) is 28.2 Å². The number of carbonyl (C=O) groups is 2. The third kappa shape index (κ3) is 3.45. The minimum atomic E-state index is -0.612. The van der Waals surface area contributed by atoms with Gasteiger partial charge in [0.1, 0.15) is 6.04 Å². The number of amides is 2. The van der Waals surface area contributed by atoms with Crippen molar-refractivity contribution in [1.29, 1.82) is 0 Å². The van der Waals surface area contributed by atoms with Gasteiger partial charge in [-0.2, -0.15) is 0 Å². The summed E-state index contributed by atoms with van der Waals surface area (Å²) in [5, 5.41) is 2.93. The highest BCUT2D eigenvalue weighted by Gasteiger charge is 2.32. The summed E-state index contributed by atoms with van der Waals surface area (Å²) in [5.74, 6) is -0.166. The van der Waals surface area contributed by atoms with E-state index < -0.39 is 6.04 Å². The minimum absolute atomic E-state index is 0.0353. The number of piperidine rings is 1. The fraction of sp³-hybridized carbons (Fsp3) is 0.316. The van der Waals surface area contributed by atoms with Crippen molar-refractivity contribution < 1.29 is 9.59 Å². The smallest absolute Gasteiger partial charge is 0.251 e. The number of hydrogen-bond acceptors (Lipinski definition) is 3. The second-order valence-electron chi connectivity index (χ2n) is 6.04. The molecule has 1 aliphatic rings. The van der Waals surface area contributed by atoms with Crippen molar-refractivity contribution in [1.82, 2.24) is 9.88 Å². The van der Waals surface area contributed by atoms with Crippen molar-refractivity contribution in [3.05, 3.63) is 59.9 Å². The Labute approximate surface area is 141 Å². The molecule has 0 radical (unpaired) electrons. The lowest BCUT2D eigenvalue weighted by Gasteiger charge is -2.34. The first kappa shape index (κ1) is 16.2. The SMILES string of the molecule is Cc1ccncc1NC(=O)C(c1ccccc1)N1CCCCC1=O. The van der Waals surface area contributed by atoms with Crippen molar-refractivity contribution in [2.24, 2.45) is 0 Å². The molecule has 0 bridgehead atoms. The minimum Gasteiger partial charge on any atom is -0.327 e. The first-order valence-corrected chi connectivity index (χ1v) is 8.22. The van der Waals surface area contributed by atoms with Crippen LogP contribution in [0.15, 0.2) is 48.8 Å². The number of pyridine rings is 1. The number of rotatable bonds is 4. The van der Waals surface area contributed by atoms with E-state index in [4.69, 9.17) is 0 Å². The second kappa shape index (κ2) is 7.25. The number of aromatic nitrogens is 1. The summed E-state index contributed by atoms with van der Waals surface area (Å²) in [5.41, 5.74) is 2.44. The van der Waals surface area contributed by atoms with Gasteiger partial charge in [0, 0.05) is 19.2 Å². The van der Waals surface area contributed by atoms with Crippen molar-refractivity contribution in [3.63, 3.8) is 0 Å². The van der Waals surface area contributed by atoms with Crippen molar-refractivity contribution >= 4 is 17.5 Å². The predicted octanol–water partition coefficient (Wildman–Crippen LogP) is 3.08. The first-order valence-electron chi connectivity index (χ1n) is 8.22. The molecule has 1 saturated heterocycles. The Kier molecular flexibility index (Phi) is 4.89. The Hall–Kier alpha value is -2.69. The summed E-state index contributed by atoms with van der Waals surface area (Å²) in [6.45, 7) is 2.53. The molecule has 1 fully saturated rings. The quantitative estimate of drug-likeness (QED) is 0.940. The van der Waals surface area contributed by atoms with Crippen LogP contribution in [0.1, 0.15) is 36.4 Å². The number of benzene rings is 1. The fourth-order valence-electron chi connectivity index (χ4n) is 3.00. The number of anilines is 1. The maximum atomic E-state index is 13.0. The van der Waals surface area contributed by atoms with E-state index in [0.717, 1.165) is 24.0 Å². The average molecular weight is 323 g/mol. The van der Waals surface area contributed by atoms with Gasteiger partial charge in [0.25, 0.3) is 5.91 Å². The average Bonchev–Trinajstić information content (AvgIpc) is 2.60. The van der Waals surface area contributed by atoms with Gasteiger partial charge in [-0.25, -0.2) is 0 Å². The molecule has 124 valence electrons. The number of hydrogen-bond donors (Lipinski definition) is 1. The van der Waals surface area contributed by atoms with Gasteiger partial charge in [-0.1, -0.05) is 30.3 Å². The lowest BCUT2D eigenvalue weighted by molar-refractivity contribution is -0.141. The molecule has 1 aromatic heterocycles. The lowest BCUT2D eigenvalue weighted by atomic mass is 10.0. The Morgan fingerprint density at radius 1 is 1.21 bits per heavy atom. The van der Waals surface area contributed by atoms with Crippen molar-refractivity contribution in [3.8, 4) is 0 Å². The molecule has 3 rings (SSSR count). The normalized spacial score (nSPS) is 15.9. The van der Waals surface area contributed by atoms with Gasteiger partial charge in [-0.15, -0.1) is 0 Å². The zero-order chi connectivity index (χ0) is 16.9. The molecule has 1 atom stereocenters. The third-order valence-corrected chi connectivity index (χ3v) is 4.33. The van der Waals surface area contributed by atoms with Gasteiger partial charge < -0.3 is 10.2 Å². The van der Waals surface area contributed by atoms with Crippen LogP contribution in [0.25, 0.3) is 0 Å². The number of aryl methyl sites for hydroxylation is 1. The second-order valence-corrected chi connectivity index (χ2v) is 6.04. The number of nitrogens with zero attached hydrogens (tertiary/aromatic N) is 2. The highest BCUT2D eigenvalue weighted by Crippen LogP contribution is 2.27. The Bertz CT molecular complexity index is 730. The summed E-state index contributed by atoms with van der Waals surface area (Å²) in [7, 11) is 0. The topological polar surface area (TPSA) is 62.3 Å². The number of likely N-dealkylation sites (tertiary alicyclic amines) is 1. The third-order valence-electron chi connectivity index (χ3n) is 4.33. The van der Waals surface area contributed by atoms with Crippen molar-refractivity contribution in [2.75, 3.05) is 11.9 Å². The number of nitrogens with one attached hydrogen (secondary N) is 1. The van der Waals surface area contributed by atoms with Crippen LogP contribution in [0.2, 0.25) is 0 Å². The molecule has 2 heterocycles. The van der Waals surface area contributed by atoms with E-state index in [1.165, 1.54) is 0 Å². The highest BCUT2D eigenvalue weighted by atomic mass is 16.2. The first-order chi connectivity index (χ1) is 11.7. The summed E-state index contributed by atoms with van der Waals surface area (Å²) >= 11 is 0. The molecule has 1 aromatic carbocycles. The molecular weight excluding hydrogens is 302 g/mol. The lowest BCUT2D eigenvalue weighted by Crippen LogP contribution is -2.43. The number of carbonyl (C=O) groups excluding carboxylic acids is 2. The molecule has 2 aromatic rings. The monoisotopic (exact) mass is 323 g/mol. The zero-order valence-electron chi connectivity index (χ0n) is 13.7. The van der Waals surface area contributed by atoms with Gasteiger partial charge in [0.2, 0.25) is 5.91 Å². The van der Waals surface area contributed by atoms with Gasteiger partial charge in [-0.3, -0.25) is 14.6 Å². The zero-order valence-corrected chi connectivity index (χ0v) is 13.7. The maximum Gasteiger partial charge on any atom is 0.251 e. The predicted molar refractivity (Wildman–Crippen MR) is 92.4 cm³/mol. The molecule has 5 heteroatoms. The maximum absolute atomic E-state index is 13.0. The van der Waals surface area contributed by atoms with E-state index in [1.807, 2.05) is 43.3 Å². The fourth-order valence-corrected chi connectivity index (χ4v) is 3.00. The van der Waals surface area contributed by atoms with E-state index in [9.17, 15) is 9.59 Å². The molecule has 0 saturated carbocycles. The molecule has 1 unspecified atom stereocenters. The summed E-state index contributed by atoms with van der Waals surface area (Å²) in [6.07, 6.45) is 5.64. The van der Waals surface area contributed by atoms with Gasteiger partial charge in [0.15, 0.2) is 0 Å². The van der Waals surface area contributed by atoms with Crippen LogP contribution < -0.4 is 5.32 Å². The van der Waals surface area contributed by atoms with E-state index in [2.05, 4.69) is 10.3 Å². The van der Waals surface area contributed by atoms with E-state index >= 15 is 0 Å². The molecule has 5 nitrogen and oxygen atoms in total.